The van der Waals surface area contributed by atoms with Crippen LogP contribution in [-0.2, 0) is 19.1 Å². The van der Waals surface area contributed by atoms with E-state index in [0.717, 1.165) is 12.0 Å². The van der Waals surface area contributed by atoms with Gasteiger partial charge in [0.1, 0.15) is 11.8 Å². The van der Waals surface area contributed by atoms with Crippen LogP contribution in [0.25, 0.3) is 0 Å². The molecule has 0 bridgehead atoms. The number of benzene rings is 1. The van der Waals surface area contributed by atoms with Gasteiger partial charge in [0.2, 0.25) is 5.91 Å². The van der Waals surface area contributed by atoms with Crippen LogP contribution >= 0.6 is 0 Å². The van der Waals surface area contributed by atoms with Crippen molar-refractivity contribution in [2.45, 2.75) is 52.7 Å². The van der Waals surface area contributed by atoms with E-state index in [1.54, 1.807) is 13.0 Å². The van der Waals surface area contributed by atoms with Gasteiger partial charge in [0, 0.05) is 13.1 Å². The third-order valence-electron chi connectivity index (χ3n) is 4.58. The number of carbonyl (C=O) groups is 3. The van der Waals surface area contributed by atoms with Crippen molar-refractivity contribution in [1.29, 1.82) is 0 Å². The highest BCUT2D eigenvalue weighted by atomic mass is 16.5. The molecule has 0 radical (unpaired) electrons. The highest BCUT2D eigenvalue weighted by Crippen LogP contribution is 2.17. The summed E-state index contributed by atoms with van der Waals surface area (Å²) in [5, 5.41) is 2.71. The smallest absolute Gasteiger partial charge is 0.308 e. The number of nitrogens with zero attached hydrogens (tertiary/aromatic N) is 1. The Morgan fingerprint density at radius 3 is 2.71 bits per heavy atom. The first-order chi connectivity index (χ1) is 13.3. The maximum atomic E-state index is 12.9. The van der Waals surface area contributed by atoms with Crippen LogP contribution < -0.4 is 10.1 Å². The molecule has 1 heterocycles. The summed E-state index contributed by atoms with van der Waals surface area (Å²) in [5.41, 5.74) is 1.02. The van der Waals surface area contributed by atoms with Crippen LogP contribution in [0.3, 0.4) is 0 Å². The predicted molar refractivity (Wildman–Crippen MR) is 105 cm³/mol. The molecule has 1 fully saturated rings. The molecule has 28 heavy (non-hydrogen) atoms. The Hall–Kier alpha value is -2.57. The topological polar surface area (TPSA) is 84.9 Å². The van der Waals surface area contributed by atoms with Crippen molar-refractivity contribution in [3.8, 4) is 5.75 Å². The lowest BCUT2D eigenvalue weighted by Gasteiger charge is -2.36. The van der Waals surface area contributed by atoms with Gasteiger partial charge in [-0.1, -0.05) is 26.0 Å². The molecule has 7 nitrogen and oxygen atoms in total. The summed E-state index contributed by atoms with van der Waals surface area (Å²) in [5.74, 6) is -0.136. The molecule has 0 spiro atoms. The molecule has 0 aliphatic carbocycles. The van der Waals surface area contributed by atoms with Gasteiger partial charge >= 0.3 is 5.97 Å². The second kappa shape index (κ2) is 10.1. The van der Waals surface area contributed by atoms with Crippen molar-refractivity contribution in [2.24, 2.45) is 5.92 Å². The Labute approximate surface area is 166 Å². The molecule has 2 unspecified atom stereocenters. The standard InChI is InChI=1S/C21H30N2O5/c1-14(2)8-11-27-19(24)13-18-20(25)22-9-10-23(18)21(26)16(4)28-17-7-5-6-15(3)12-17/h5-7,12,14,16,18H,8-11,13H2,1-4H3,(H,22,25). The van der Waals surface area contributed by atoms with E-state index >= 15 is 0 Å². The van der Waals surface area contributed by atoms with E-state index in [1.165, 1.54) is 4.90 Å². The first-order valence-corrected chi connectivity index (χ1v) is 9.75. The number of piperazine rings is 1. The summed E-state index contributed by atoms with van der Waals surface area (Å²) in [6.45, 7) is 8.66. The second-order valence-corrected chi connectivity index (χ2v) is 7.52. The zero-order chi connectivity index (χ0) is 20.7. The maximum Gasteiger partial charge on any atom is 0.308 e. The van der Waals surface area contributed by atoms with Gasteiger partial charge in [-0.05, 0) is 43.9 Å². The molecule has 154 valence electrons. The zero-order valence-corrected chi connectivity index (χ0v) is 17.1. The molecule has 1 aliphatic heterocycles. The zero-order valence-electron chi connectivity index (χ0n) is 17.1. The molecule has 2 amide bonds. The minimum absolute atomic E-state index is 0.160. The first kappa shape index (κ1) is 21.7. The lowest BCUT2D eigenvalue weighted by molar-refractivity contribution is -0.154. The monoisotopic (exact) mass is 390 g/mol. The summed E-state index contributed by atoms with van der Waals surface area (Å²) in [7, 11) is 0. The normalized spacial score (nSPS) is 17.8. The van der Waals surface area contributed by atoms with Gasteiger partial charge in [-0.2, -0.15) is 0 Å². The SMILES string of the molecule is Cc1cccc(OC(C)C(=O)N2CCNC(=O)C2CC(=O)OCCC(C)C)c1. The average Bonchev–Trinajstić information content (AvgIpc) is 2.62. The summed E-state index contributed by atoms with van der Waals surface area (Å²) in [6, 6.07) is 6.54. The first-order valence-electron chi connectivity index (χ1n) is 9.75. The fourth-order valence-corrected chi connectivity index (χ4v) is 2.98. The molecule has 2 atom stereocenters. The predicted octanol–water partition coefficient (Wildman–Crippen LogP) is 2.07. The van der Waals surface area contributed by atoms with Gasteiger partial charge in [-0.3, -0.25) is 14.4 Å². The van der Waals surface area contributed by atoms with E-state index in [-0.39, 0.29) is 18.2 Å². The molecule has 1 aliphatic rings. The Morgan fingerprint density at radius 2 is 2.04 bits per heavy atom. The summed E-state index contributed by atoms with van der Waals surface area (Å²) in [6.07, 6.45) is -0.174. The molecule has 0 saturated carbocycles. The van der Waals surface area contributed by atoms with Gasteiger partial charge in [0.25, 0.3) is 5.91 Å². The van der Waals surface area contributed by atoms with Crippen molar-refractivity contribution in [2.75, 3.05) is 19.7 Å². The summed E-state index contributed by atoms with van der Waals surface area (Å²) < 4.78 is 11.0. The van der Waals surface area contributed by atoms with Crippen molar-refractivity contribution in [1.82, 2.24) is 10.2 Å². The molecule has 0 aromatic heterocycles. The average molecular weight is 390 g/mol. The Morgan fingerprint density at radius 1 is 1.29 bits per heavy atom. The second-order valence-electron chi connectivity index (χ2n) is 7.52. The van der Waals surface area contributed by atoms with Crippen LogP contribution in [0.1, 0.15) is 39.2 Å². The molecular formula is C21H30N2O5. The number of nitrogens with one attached hydrogen (secondary N) is 1. The van der Waals surface area contributed by atoms with Crippen LogP contribution in [-0.4, -0.2) is 54.5 Å². The van der Waals surface area contributed by atoms with Gasteiger partial charge in [-0.25, -0.2) is 0 Å². The van der Waals surface area contributed by atoms with Crippen molar-refractivity contribution in [3.63, 3.8) is 0 Å². The molecule has 1 N–H and O–H groups in total. The maximum absolute atomic E-state index is 12.9. The number of ether oxygens (including phenoxy) is 2. The van der Waals surface area contributed by atoms with Crippen LogP contribution in [0.4, 0.5) is 0 Å². The number of amides is 2. The van der Waals surface area contributed by atoms with Crippen molar-refractivity contribution < 1.29 is 23.9 Å². The van der Waals surface area contributed by atoms with Crippen molar-refractivity contribution in [3.05, 3.63) is 29.8 Å². The lowest BCUT2D eigenvalue weighted by Crippen LogP contribution is -2.60. The van der Waals surface area contributed by atoms with Gasteiger partial charge in [0.05, 0.1) is 13.0 Å². The van der Waals surface area contributed by atoms with Gasteiger partial charge < -0.3 is 19.7 Å². The molecule has 1 aromatic rings. The lowest BCUT2D eigenvalue weighted by atomic mass is 10.1. The van der Waals surface area contributed by atoms with Crippen molar-refractivity contribution >= 4 is 17.8 Å². The Bertz CT molecular complexity index is 704. The number of aryl methyl sites for hydroxylation is 1. The number of carbonyl (C=O) groups excluding carboxylic acids is 3. The molecular weight excluding hydrogens is 360 g/mol. The third kappa shape index (κ3) is 6.25. The van der Waals surface area contributed by atoms with Gasteiger partial charge in [-0.15, -0.1) is 0 Å². The highest BCUT2D eigenvalue weighted by Gasteiger charge is 2.37. The Balaban J connectivity index is 2.00. The van der Waals surface area contributed by atoms with Crippen LogP contribution in [0.2, 0.25) is 0 Å². The molecule has 1 aromatic carbocycles. The quantitative estimate of drug-likeness (QED) is 0.687. The van der Waals surface area contributed by atoms with E-state index in [2.05, 4.69) is 5.32 Å². The van der Waals surface area contributed by atoms with E-state index in [0.29, 0.717) is 31.4 Å². The van der Waals surface area contributed by atoms with Gasteiger partial charge in [0.15, 0.2) is 6.10 Å². The van der Waals surface area contributed by atoms with Crippen LogP contribution in [0.5, 0.6) is 5.75 Å². The third-order valence-corrected chi connectivity index (χ3v) is 4.58. The molecule has 2 rings (SSSR count). The van der Waals surface area contributed by atoms with Crippen LogP contribution in [0.15, 0.2) is 24.3 Å². The Kier molecular flexibility index (Phi) is 7.84. The fourth-order valence-electron chi connectivity index (χ4n) is 2.98. The largest absolute Gasteiger partial charge is 0.481 e. The minimum atomic E-state index is -0.878. The van der Waals surface area contributed by atoms with E-state index in [1.807, 2.05) is 39.0 Å². The number of esters is 1. The molecule has 7 heteroatoms. The molecule has 1 saturated heterocycles. The summed E-state index contributed by atoms with van der Waals surface area (Å²) in [4.78, 5) is 38.7. The minimum Gasteiger partial charge on any atom is -0.481 e. The number of rotatable bonds is 8. The van der Waals surface area contributed by atoms with Crippen LogP contribution in [0, 0.1) is 12.8 Å². The van der Waals surface area contributed by atoms with E-state index in [4.69, 9.17) is 9.47 Å². The number of hydrogen-bond acceptors (Lipinski definition) is 5. The van der Waals surface area contributed by atoms with E-state index < -0.39 is 18.1 Å². The van der Waals surface area contributed by atoms with E-state index in [9.17, 15) is 14.4 Å². The number of hydrogen-bond donors (Lipinski definition) is 1. The highest BCUT2D eigenvalue weighted by molar-refractivity contribution is 5.93. The fraction of sp³-hybridized carbons (Fsp3) is 0.571. The summed E-state index contributed by atoms with van der Waals surface area (Å²) >= 11 is 0.